The third-order valence-corrected chi connectivity index (χ3v) is 19.1. The first-order valence-electron chi connectivity index (χ1n) is 33.3. The Labute approximate surface area is 589 Å². The summed E-state index contributed by atoms with van der Waals surface area (Å²) in [5, 5.41) is 289. The average Bonchev–Trinajstić information content (AvgIpc) is 0.762. The SMILES string of the molecule is CC(=O)N[C@H]1[C@H](O[C@H]2[C@@H](O)[C@@H](CO)O[C@@H](O[C@@H]([C@H](O)[C@@H](O)CO)[C@H](O)CO)[C@@H]2O)O[C@H](CO)[C@@H](O[C@@H]2O[C@H](CO)[C@H](O)[C@H](O[C@@H]3O[C@H](CO)[C@@H](O[C@@H]4O[C@H](CO)[C@H](O)[C@H](O[C@H]5O[C@H](CO)[C@H](O)[C@H](O)[C@H]5O)[C@H]4O)[C@H](O[C@@H]4O[C@@H](C)[C@@H](O)[C@@H](O)[C@@H]4O)[C@H]3NC(C)=O)[C@H]2O)[C@@H]1O[C@@H]1O[C@@H](C)[C@@H](O)[C@@H](O)[C@@H]1O. The van der Waals surface area contributed by atoms with Crippen LogP contribution in [0.2, 0.25) is 0 Å². The van der Waals surface area contributed by atoms with E-state index in [1.165, 1.54) is 13.8 Å². The Bertz CT molecular complexity index is 2620. The van der Waals surface area contributed by atoms with Crippen molar-refractivity contribution >= 4 is 11.8 Å². The summed E-state index contributed by atoms with van der Waals surface area (Å²) in [6, 6.07) is -4.07. The summed E-state index contributed by atoms with van der Waals surface area (Å²) in [4.78, 5) is 26.9. The van der Waals surface area contributed by atoms with Crippen LogP contribution in [-0.2, 0) is 85.4 Å². The first kappa shape index (κ1) is 86.8. The lowest BCUT2D eigenvalue weighted by molar-refractivity contribution is -0.401. The quantitative estimate of drug-likeness (QED) is 0.0331. The molecule has 8 rings (SSSR count). The van der Waals surface area contributed by atoms with E-state index in [0.29, 0.717) is 0 Å². The number of rotatable bonds is 29. The molecule has 46 heteroatoms. The van der Waals surface area contributed by atoms with Gasteiger partial charge >= 0.3 is 0 Å². The van der Waals surface area contributed by atoms with Crippen LogP contribution >= 0.6 is 0 Å². The van der Waals surface area contributed by atoms with Crippen LogP contribution in [0.4, 0.5) is 0 Å². The van der Waals surface area contributed by atoms with Crippen LogP contribution < -0.4 is 10.6 Å². The van der Waals surface area contributed by atoms with Crippen molar-refractivity contribution in [3.63, 3.8) is 0 Å². The Balaban J connectivity index is 1.15. The minimum Gasteiger partial charge on any atom is -0.394 e. The van der Waals surface area contributed by atoms with E-state index >= 15 is 0 Å². The van der Waals surface area contributed by atoms with Gasteiger partial charge in [-0.05, 0) is 13.8 Å². The summed E-state index contributed by atoms with van der Waals surface area (Å²) in [5.41, 5.74) is 0. The molecule has 104 heavy (non-hydrogen) atoms. The Morgan fingerprint density at radius 1 is 0.308 bits per heavy atom. The molecular formula is C58H100N2O44. The van der Waals surface area contributed by atoms with Crippen LogP contribution in [0, 0.1) is 0 Å². The number of carbonyl (C=O) groups is 2. The van der Waals surface area contributed by atoms with E-state index in [1.54, 1.807) is 0 Å². The van der Waals surface area contributed by atoms with Crippen LogP contribution in [0.3, 0.4) is 0 Å². The molecule has 2 amide bonds. The Kier molecular flexibility index (Phi) is 31.7. The van der Waals surface area contributed by atoms with Gasteiger partial charge in [0.2, 0.25) is 11.8 Å². The first-order valence-corrected chi connectivity index (χ1v) is 33.3. The molecule has 0 radical (unpaired) electrons. The van der Waals surface area contributed by atoms with Crippen molar-refractivity contribution in [2.24, 2.45) is 0 Å². The molecule has 0 unspecified atom stereocenters. The van der Waals surface area contributed by atoms with E-state index in [-0.39, 0.29) is 0 Å². The number of hydrogen-bond acceptors (Lipinski definition) is 44. The Morgan fingerprint density at radius 2 is 0.577 bits per heavy atom. The maximum absolute atomic E-state index is 13.5. The van der Waals surface area contributed by atoms with Crippen LogP contribution in [0.5, 0.6) is 0 Å². The van der Waals surface area contributed by atoms with Crippen molar-refractivity contribution in [2.45, 2.75) is 298 Å². The molecule has 0 aromatic carbocycles. The lowest BCUT2D eigenvalue weighted by atomic mass is 9.93. The number of nitrogens with one attached hydrogen (secondary N) is 2. The minimum absolute atomic E-state index is 0.917. The highest BCUT2D eigenvalue weighted by Gasteiger charge is 2.61. The fourth-order valence-corrected chi connectivity index (χ4v) is 13.2. The van der Waals surface area contributed by atoms with Crippen molar-refractivity contribution < 1.29 is 218 Å². The van der Waals surface area contributed by atoms with E-state index in [0.717, 1.165) is 13.8 Å². The van der Waals surface area contributed by atoms with E-state index < -0.39 is 335 Å². The van der Waals surface area contributed by atoms with E-state index in [4.69, 9.17) is 75.8 Å². The molecule has 0 spiro atoms. The highest BCUT2D eigenvalue weighted by atomic mass is 16.8. The van der Waals surface area contributed by atoms with Gasteiger partial charge in [-0.1, -0.05) is 0 Å². The fraction of sp³-hybridized carbons (Fsp3) is 0.966. The molecule has 8 heterocycles. The molecular weight excluding hydrogens is 1430 g/mol. The molecule has 8 saturated heterocycles. The molecule has 0 aromatic rings. The second kappa shape index (κ2) is 38.0. The minimum atomic E-state index is -2.50. The highest BCUT2D eigenvalue weighted by molar-refractivity contribution is 5.73. The second-order valence-electron chi connectivity index (χ2n) is 26.4. The maximum atomic E-state index is 13.5. The van der Waals surface area contributed by atoms with Gasteiger partial charge in [0.15, 0.2) is 50.3 Å². The zero-order chi connectivity index (χ0) is 76.9. The smallest absolute Gasteiger partial charge is 0.217 e. The van der Waals surface area contributed by atoms with Gasteiger partial charge in [0, 0.05) is 13.8 Å². The lowest BCUT2D eigenvalue weighted by Gasteiger charge is -2.52. The number of aliphatic hydroxyl groups is 26. The lowest BCUT2D eigenvalue weighted by Crippen LogP contribution is -2.72. The van der Waals surface area contributed by atoms with Gasteiger partial charge in [-0.15, -0.1) is 0 Å². The average molecular weight is 1530 g/mol. The summed E-state index contributed by atoms with van der Waals surface area (Å²) in [6.07, 6.45) is -87.1. The topological polar surface area (TPSA) is 732 Å². The third-order valence-electron chi connectivity index (χ3n) is 19.1. The van der Waals surface area contributed by atoms with Crippen molar-refractivity contribution in [3.05, 3.63) is 0 Å². The molecule has 46 nitrogen and oxygen atoms in total. The van der Waals surface area contributed by atoms with Crippen LogP contribution in [-0.4, -0.2) is 467 Å². The van der Waals surface area contributed by atoms with Gasteiger partial charge < -0.3 is 219 Å². The van der Waals surface area contributed by atoms with Gasteiger partial charge in [-0.25, -0.2) is 0 Å². The van der Waals surface area contributed by atoms with E-state index in [2.05, 4.69) is 10.6 Å². The molecule has 0 bridgehead atoms. The predicted octanol–water partition coefficient (Wildman–Crippen LogP) is -18.6. The standard InChI is InChI=1S/C58H100N2O44/c1-13-27(73)34(80)37(83)53(89-13)100-46-25(59-15(3)69)51(102-48-31(77)20(8-64)92-56(40(48)86)97-43(18(72)6-62)29(75)17(71)5-61)95-23(11-67)44(46)98-57-41(87)49(32(78)21(9-65)93-57)103-52-26(60-16(4)70)47(101-54-38(84)35(81)28(74)14(2)90-54)45(24(12-68)96-52)99-58-42(88)50(33(79)22(10-66)94-58)104-55-39(85)36(82)30(76)19(7-63)91-55/h13-14,17-58,61-68,71-88H,5-12H2,1-4H3,(H,59,69)(H,60,70)/t13-,14-,17-,18+,19+,20+,21+,22+,23+,24+,25+,26+,27+,28+,29+,30-,31-,32-,33-,34+,35+,36-,37-,38-,39+,40+,41+,42+,43+,44+,45+,46+,47+,48-,49-,50-,51-,52-,53-,54-,55+,56-,57-,58-/m0/s1. The van der Waals surface area contributed by atoms with Crippen molar-refractivity contribution in [1.82, 2.24) is 10.6 Å². The zero-order valence-corrected chi connectivity index (χ0v) is 56.0. The van der Waals surface area contributed by atoms with Crippen molar-refractivity contribution in [2.75, 3.05) is 52.9 Å². The normalized spacial score (nSPS) is 48.7. The fourth-order valence-electron chi connectivity index (χ4n) is 13.2. The molecule has 8 aliphatic rings. The maximum Gasteiger partial charge on any atom is 0.217 e. The molecule has 8 aliphatic heterocycles. The number of ether oxygens (including phenoxy) is 16. The predicted molar refractivity (Wildman–Crippen MR) is 320 cm³/mol. The van der Waals surface area contributed by atoms with Gasteiger partial charge in [-0.3, -0.25) is 9.59 Å². The molecule has 0 aromatic heterocycles. The molecule has 0 saturated carbocycles. The third kappa shape index (κ3) is 18.9. The number of amides is 2. The molecule has 606 valence electrons. The van der Waals surface area contributed by atoms with Gasteiger partial charge in [0.25, 0.3) is 0 Å². The second-order valence-corrected chi connectivity index (χ2v) is 26.4. The van der Waals surface area contributed by atoms with Crippen LogP contribution in [0.1, 0.15) is 27.7 Å². The highest BCUT2D eigenvalue weighted by Crippen LogP contribution is 2.41. The Hall–Kier alpha value is -2.74. The van der Waals surface area contributed by atoms with Crippen molar-refractivity contribution in [1.29, 1.82) is 0 Å². The van der Waals surface area contributed by atoms with Gasteiger partial charge in [0.1, 0.15) is 207 Å². The summed E-state index contributed by atoms with van der Waals surface area (Å²) in [5.74, 6) is -2.02. The zero-order valence-electron chi connectivity index (χ0n) is 56.0. The Morgan fingerprint density at radius 3 is 0.913 bits per heavy atom. The van der Waals surface area contributed by atoms with E-state index in [1.807, 2.05) is 0 Å². The number of aliphatic hydroxyl groups excluding tert-OH is 26. The van der Waals surface area contributed by atoms with Gasteiger partial charge in [0.05, 0.1) is 65.1 Å². The van der Waals surface area contributed by atoms with Crippen LogP contribution in [0.25, 0.3) is 0 Å². The summed E-state index contributed by atoms with van der Waals surface area (Å²) in [7, 11) is 0. The van der Waals surface area contributed by atoms with Crippen molar-refractivity contribution in [3.8, 4) is 0 Å². The summed E-state index contributed by atoms with van der Waals surface area (Å²) >= 11 is 0. The monoisotopic (exact) mass is 1530 g/mol. The summed E-state index contributed by atoms with van der Waals surface area (Å²) in [6.45, 7) is -4.90. The summed E-state index contributed by atoms with van der Waals surface area (Å²) < 4.78 is 95.3. The van der Waals surface area contributed by atoms with Gasteiger partial charge in [-0.2, -0.15) is 0 Å². The largest absolute Gasteiger partial charge is 0.394 e. The molecule has 8 fully saturated rings. The first-order chi connectivity index (χ1) is 49.1. The van der Waals surface area contributed by atoms with E-state index in [9.17, 15) is 142 Å². The molecule has 28 N–H and O–H groups in total. The number of hydrogen-bond donors (Lipinski definition) is 28. The molecule has 0 aliphatic carbocycles. The number of carbonyl (C=O) groups excluding carboxylic acids is 2. The molecule has 44 atom stereocenters. The van der Waals surface area contributed by atoms with Crippen LogP contribution in [0.15, 0.2) is 0 Å².